The van der Waals surface area contributed by atoms with Gasteiger partial charge in [-0.15, -0.1) is 0 Å². The minimum absolute atomic E-state index is 0.438. The van der Waals surface area contributed by atoms with Gasteiger partial charge in [-0.3, -0.25) is 5.10 Å². The van der Waals surface area contributed by atoms with Crippen molar-refractivity contribution in [2.24, 2.45) is 0 Å². The molecular weight excluding hydrogens is 200 g/mol. The summed E-state index contributed by atoms with van der Waals surface area (Å²) >= 11 is 0. The molecule has 4 N–H and O–H groups in total. The van der Waals surface area contributed by atoms with Gasteiger partial charge >= 0.3 is 0 Å². The van der Waals surface area contributed by atoms with Gasteiger partial charge in [-0.05, 0) is 25.5 Å². The van der Waals surface area contributed by atoms with Crippen LogP contribution in [0.15, 0.2) is 18.3 Å². The number of hydrogen-bond donors (Lipinski definition) is 3. The smallest absolute Gasteiger partial charge is 0.0672 e. The fraction of sp³-hybridized carbons (Fsp3) is 0.417. The fourth-order valence-electron chi connectivity index (χ4n) is 1.90. The molecule has 0 saturated carbocycles. The number of nitrogens with two attached hydrogens (primary N) is 1. The molecule has 0 fully saturated rings. The van der Waals surface area contributed by atoms with Crippen molar-refractivity contribution in [2.75, 3.05) is 11.1 Å². The normalized spacial score (nSPS) is 12.9. The minimum Gasteiger partial charge on any atom is -0.397 e. The van der Waals surface area contributed by atoms with Crippen LogP contribution < -0.4 is 11.1 Å². The van der Waals surface area contributed by atoms with E-state index < -0.39 is 0 Å². The summed E-state index contributed by atoms with van der Waals surface area (Å²) in [5.41, 5.74) is 8.76. The molecule has 0 spiro atoms. The van der Waals surface area contributed by atoms with Crippen molar-refractivity contribution >= 4 is 22.3 Å². The highest BCUT2D eigenvalue weighted by Gasteiger charge is 2.06. The molecule has 16 heavy (non-hydrogen) atoms. The van der Waals surface area contributed by atoms with Crippen LogP contribution in [-0.4, -0.2) is 16.2 Å². The molecule has 1 aromatic heterocycles. The van der Waals surface area contributed by atoms with Crippen molar-refractivity contribution in [1.29, 1.82) is 0 Å². The SMILES string of the molecule is CCCC(C)Nc1cc2[nH]ncc2cc1N. The van der Waals surface area contributed by atoms with Gasteiger partial charge in [0.2, 0.25) is 0 Å². The Labute approximate surface area is 95.2 Å². The Balaban J connectivity index is 2.25. The molecule has 0 aliphatic rings. The highest BCUT2D eigenvalue weighted by Crippen LogP contribution is 2.25. The average Bonchev–Trinajstić information content (AvgIpc) is 2.65. The molecule has 0 bridgehead atoms. The molecule has 4 heteroatoms. The second-order valence-corrected chi connectivity index (χ2v) is 4.23. The van der Waals surface area contributed by atoms with E-state index in [0.29, 0.717) is 6.04 Å². The van der Waals surface area contributed by atoms with Crippen LogP contribution in [-0.2, 0) is 0 Å². The highest BCUT2D eigenvalue weighted by molar-refractivity contribution is 5.88. The third kappa shape index (κ3) is 2.10. The Bertz CT molecular complexity index is 475. The molecule has 0 radical (unpaired) electrons. The fourth-order valence-corrected chi connectivity index (χ4v) is 1.90. The maximum atomic E-state index is 5.99. The number of H-pyrrole nitrogens is 1. The molecule has 2 rings (SSSR count). The summed E-state index contributed by atoms with van der Waals surface area (Å²) in [5.74, 6) is 0. The quantitative estimate of drug-likeness (QED) is 0.691. The summed E-state index contributed by atoms with van der Waals surface area (Å²) in [7, 11) is 0. The molecular formula is C12H18N4. The predicted molar refractivity (Wildman–Crippen MR) is 68.5 cm³/mol. The van der Waals surface area contributed by atoms with E-state index in [4.69, 9.17) is 5.73 Å². The Hall–Kier alpha value is -1.71. The van der Waals surface area contributed by atoms with Crippen LogP contribution in [0.3, 0.4) is 0 Å². The van der Waals surface area contributed by atoms with Gasteiger partial charge in [0.05, 0.1) is 23.1 Å². The van der Waals surface area contributed by atoms with Gasteiger partial charge in [0.15, 0.2) is 0 Å². The number of aromatic amines is 1. The van der Waals surface area contributed by atoms with E-state index >= 15 is 0 Å². The lowest BCUT2D eigenvalue weighted by Gasteiger charge is -2.16. The first-order valence-corrected chi connectivity index (χ1v) is 5.70. The van der Waals surface area contributed by atoms with Gasteiger partial charge in [0.25, 0.3) is 0 Å². The lowest BCUT2D eigenvalue weighted by Crippen LogP contribution is -2.15. The number of benzene rings is 1. The maximum absolute atomic E-state index is 5.99. The van der Waals surface area contributed by atoms with Crippen molar-refractivity contribution in [3.05, 3.63) is 18.3 Å². The second kappa shape index (κ2) is 4.43. The first-order valence-electron chi connectivity index (χ1n) is 5.70. The Morgan fingerprint density at radius 2 is 2.31 bits per heavy atom. The van der Waals surface area contributed by atoms with Gasteiger partial charge in [0.1, 0.15) is 0 Å². The highest BCUT2D eigenvalue weighted by atomic mass is 15.1. The second-order valence-electron chi connectivity index (χ2n) is 4.23. The number of fused-ring (bicyclic) bond motifs is 1. The van der Waals surface area contributed by atoms with E-state index in [1.165, 1.54) is 6.42 Å². The monoisotopic (exact) mass is 218 g/mol. The zero-order chi connectivity index (χ0) is 11.5. The number of rotatable bonds is 4. The number of aromatic nitrogens is 2. The van der Waals surface area contributed by atoms with Gasteiger partial charge in [-0.1, -0.05) is 13.3 Å². The summed E-state index contributed by atoms with van der Waals surface area (Å²) in [6, 6.07) is 4.40. The summed E-state index contributed by atoms with van der Waals surface area (Å²) < 4.78 is 0. The van der Waals surface area contributed by atoms with Gasteiger partial charge < -0.3 is 11.1 Å². The average molecular weight is 218 g/mol. The molecule has 4 nitrogen and oxygen atoms in total. The third-order valence-electron chi connectivity index (χ3n) is 2.73. The number of hydrogen-bond acceptors (Lipinski definition) is 3. The zero-order valence-corrected chi connectivity index (χ0v) is 9.75. The number of anilines is 2. The van der Waals surface area contributed by atoms with E-state index in [1.54, 1.807) is 6.20 Å². The van der Waals surface area contributed by atoms with Crippen molar-refractivity contribution in [1.82, 2.24) is 10.2 Å². The Morgan fingerprint density at radius 1 is 1.50 bits per heavy atom. The molecule has 0 saturated heterocycles. The van der Waals surface area contributed by atoms with E-state index in [1.807, 2.05) is 12.1 Å². The molecule has 0 aliphatic carbocycles. The van der Waals surface area contributed by atoms with Gasteiger partial charge in [-0.25, -0.2) is 0 Å². The molecule has 2 aromatic rings. The molecule has 86 valence electrons. The van der Waals surface area contributed by atoms with Crippen LogP contribution in [0.2, 0.25) is 0 Å². The first-order chi connectivity index (χ1) is 7.70. The van der Waals surface area contributed by atoms with Crippen LogP contribution >= 0.6 is 0 Å². The van der Waals surface area contributed by atoms with E-state index in [2.05, 4.69) is 29.4 Å². The Morgan fingerprint density at radius 3 is 3.06 bits per heavy atom. The molecule has 1 aromatic carbocycles. The van der Waals surface area contributed by atoms with Crippen LogP contribution in [0.4, 0.5) is 11.4 Å². The third-order valence-corrected chi connectivity index (χ3v) is 2.73. The van der Waals surface area contributed by atoms with Crippen molar-refractivity contribution in [3.8, 4) is 0 Å². The van der Waals surface area contributed by atoms with Gasteiger partial charge in [0, 0.05) is 11.4 Å². The molecule has 0 aliphatic heterocycles. The van der Waals surface area contributed by atoms with Crippen LogP contribution in [0.1, 0.15) is 26.7 Å². The van der Waals surface area contributed by atoms with Crippen LogP contribution in [0, 0.1) is 0 Å². The van der Waals surface area contributed by atoms with Crippen molar-refractivity contribution < 1.29 is 0 Å². The predicted octanol–water partition coefficient (Wildman–Crippen LogP) is 2.75. The van der Waals surface area contributed by atoms with E-state index in [0.717, 1.165) is 28.7 Å². The number of nitrogen functional groups attached to an aromatic ring is 1. The minimum atomic E-state index is 0.438. The summed E-state index contributed by atoms with van der Waals surface area (Å²) in [5, 5.41) is 11.4. The first kappa shape index (κ1) is 10.8. The number of nitrogens with one attached hydrogen (secondary N) is 2. The lowest BCUT2D eigenvalue weighted by atomic mass is 10.1. The summed E-state index contributed by atoms with van der Waals surface area (Å²) in [4.78, 5) is 0. The Kier molecular flexibility index (Phi) is 2.99. The summed E-state index contributed by atoms with van der Waals surface area (Å²) in [6.07, 6.45) is 4.09. The van der Waals surface area contributed by atoms with Gasteiger partial charge in [-0.2, -0.15) is 5.10 Å². The zero-order valence-electron chi connectivity index (χ0n) is 9.75. The molecule has 1 heterocycles. The molecule has 0 amide bonds. The van der Waals surface area contributed by atoms with Crippen molar-refractivity contribution in [2.45, 2.75) is 32.7 Å². The molecule has 1 unspecified atom stereocenters. The lowest BCUT2D eigenvalue weighted by molar-refractivity contribution is 0.691. The largest absolute Gasteiger partial charge is 0.397 e. The van der Waals surface area contributed by atoms with Crippen molar-refractivity contribution in [3.63, 3.8) is 0 Å². The standard InChI is InChI=1S/C12H18N4/c1-3-4-8(2)15-12-6-11-9(5-10(12)13)7-14-16-11/h5-8,15H,3-4,13H2,1-2H3,(H,14,16). The number of nitrogens with zero attached hydrogens (tertiary/aromatic N) is 1. The van der Waals surface area contributed by atoms with E-state index in [-0.39, 0.29) is 0 Å². The summed E-state index contributed by atoms with van der Waals surface area (Å²) in [6.45, 7) is 4.35. The van der Waals surface area contributed by atoms with Crippen LogP contribution in [0.25, 0.3) is 10.9 Å². The van der Waals surface area contributed by atoms with E-state index in [9.17, 15) is 0 Å². The van der Waals surface area contributed by atoms with Crippen LogP contribution in [0.5, 0.6) is 0 Å². The molecule has 1 atom stereocenters. The maximum Gasteiger partial charge on any atom is 0.0672 e. The topological polar surface area (TPSA) is 66.7 Å².